The van der Waals surface area contributed by atoms with Crippen LogP contribution in [0, 0.1) is 12.7 Å². The molecule has 0 unspecified atom stereocenters. The highest BCUT2D eigenvalue weighted by atomic mass is 32.2. The molecule has 106 valence electrons. The summed E-state index contributed by atoms with van der Waals surface area (Å²) in [5.41, 5.74) is -0.661. The predicted octanol–water partition coefficient (Wildman–Crippen LogP) is 1.91. The van der Waals surface area contributed by atoms with Gasteiger partial charge in [0.15, 0.2) is 0 Å². The molecule has 0 heterocycles. The molecule has 1 aromatic carbocycles. The molecule has 1 rings (SSSR count). The number of carboxylic acids is 1. The number of rotatable bonds is 6. The zero-order valence-electron chi connectivity index (χ0n) is 10.7. The highest BCUT2D eigenvalue weighted by molar-refractivity contribution is 7.89. The topological polar surface area (TPSA) is 83.5 Å². The van der Waals surface area contributed by atoms with E-state index in [2.05, 4.69) is 4.72 Å². The molecular formula is C12H16FNO4S. The quantitative estimate of drug-likeness (QED) is 0.784. The van der Waals surface area contributed by atoms with Gasteiger partial charge in [-0.25, -0.2) is 22.3 Å². The molecule has 19 heavy (non-hydrogen) atoms. The van der Waals surface area contributed by atoms with E-state index in [1.54, 1.807) is 0 Å². The van der Waals surface area contributed by atoms with Crippen molar-refractivity contribution < 1.29 is 22.7 Å². The number of benzene rings is 1. The van der Waals surface area contributed by atoms with E-state index in [4.69, 9.17) is 5.11 Å². The summed E-state index contributed by atoms with van der Waals surface area (Å²) in [6.45, 7) is 3.50. The molecule has 0 aliphatic carbocycles. The van der Waals surface area contributed by atoms with Crippen LogP contribution in [0.25, 0.3) is 0 Å². The minimum atomic E-state index is -3.81. The summed E-state index contributed by atoms with van der Waals surface area (Å²) in [5, 5.41) is 8.84. The standard InChI is InChI=1S/C12H16FNO4S/c1-3-4-5-14-19(17,18)9-6-8(2)11(13)10(7-9)12(15)16/h6-7,14H,3-5H2,1-2H3,(H,15,16). The van der Waals surface area contributed by atoms with Gasteiger partial charge in [-0.05, 0) is 31.0 Å². The van der Waals surface area contributed by atoms with Crippen LogP contribution in [0.5, 0.6) is 0 Å². The van der Waals surface area contributed by atoms with Gasteiger partial charge in [0.25, 0.3) is 0 Å². The van der Waals surface area contributed by atoms with Crippen molar-refractivity contribution in [3.63, 3.8) is 0 Å². The molecule has 0 aliphatic rings. The SMILES string of the molecule is CCCCNS(=O)(=O)c1cc(C)c(F)c(C(=O)O)c1. The van der Waals surface area contributed by atoms with Crippen LogP contribution in [0.15, 0.2) is 17.0 Å². The molecule has 2 N–H and O–H groups in total. The third-order valence-electron chi connectivity index (χ3n) is 2.59. The molecule has 0 bridgehead atoms. The third kappa shape index (κ3) is 3.74. The summed E-state index contributed by atoms with van der Waals surface area (Å²) in [6.07, 6.45) is 1.50. The average molecular weight is 289 g/mol. The number of aryl methyl sites for hydroxylation is 1. The maximum Gasteiger partial charge on any atom is 0.338 e. The fourth-order valence-electron chi connectivity index (χ4n) is 1.51. The van der Waals surface area contributed by atoms with E-state index in [0.29, 0.717) is 6.42 Å². The van der Waals surface area contributed by atoms with Crippen molar-refractivity contribution in [2.75, 3.05) is 6.54 Å². The molecule has 0 fully saturated rings. The molecule has 0 aliphatic heterocycles. The van der Waals surface area contributed by atoms with Crippen molar-refractivity contribution in [1.82, 2.24) is 4.72 Å². The Labute approximate surface area is 111 Å². The van der Waals surface area contributed by atoms with E-state index in [0.717, 1.165) is 18.6 Å². The second-order valence-corrected chi connectivity index (χ2v) is 5.93. The number of hydrogen-bond acceptors (Lipinski definition) is 3. The molecule has 0 atom stereocenters. The van der Waals surface area contributed by atoms with Crippen molar-refractivity contribution in [1.29, 1.82) is 0 Å². The first-order valence-electron chi connectivity index (χ1n) is 5.82. The van der Waals surface area contributed by atoms with Crippen LogP contribution in [-0.4, -0.2) is 26.0 Å². The van der Waals surface area contributed by atoms with Crippen LogP contribution in [-0.2, 0) is 10.0 Å². The molecule has 1 aromatic rings. The Morgan fingerprint density at radius 3 is 2.58 bits per heavy atom. The van der Waals surface area contributed by atoms with Crippen LogP contribution in [0.2, 0.25) is 0 Å². The minimum absolute atomic E-state index is 0.0178. The number of unbranched alkanes of at least 4 members (excludes halogenated alkanes) is 1. The fraction of sp³-hybridized carbons (Fsp3) is 0.417. The molecule has 0 radical (unpaired) electrons. The number of hydrogen-bond donors (Lipinski definition) is 2. The van der Waals surface area contributed by atoms with Crippen LogP contribution in [0.3, 0.4) is 0 Å². The summed E-state index contributed by atoms with van der Waals surface area (Å²) in [6, 6.07) is 1.95. The Morgan fingerprint density at radius 1 is 1.42 bits per heavy atom. The van der Waals surface area contributed by atoms with E-state index >= 15 is 0 Å². The molecule has 5 nitrogen and oxygen atoms in total. The summed E-state index contributed by atoms with van der Waals surface area (Å²) in [4.78, 5) is 10.6. The predicted molar refractivity (Wildman–Crippen MR) is 68.2 cm³/mol. The Hall–Kier alpha value is -1.47. The first-order valence-corrected chi connectivity index (χ1v) is 7.31. The minimum Gasteiger partial charge on any atom is -0.478 e. The number of halogens is 1. The van der Waals surface area contributed by atoms with E-state index in [1.165, 1.54) is 6.92 Å². The van der Waals surface area contributed by atoms with Crippen LogP contribution in [0.4, 0.5) is 4.39 Å². The summed E-state index contributed by atoms with van der Waals surface area (Å²) < 4.78 is 39.7. The largest absolute Gasteiger partial charge is 0.478 e. The van der Waals surface area contributed by atoms with Crippen molar-refractivity contribution in [2.45, 2.75) is 31.6 Å². The monoisotopic (exact) mass is 289 g/mol. The lowest BCUT2D eigenvalue weighted by Gasteiger charge is -2.09. The fourth-order valence-corrected chi connectivity index (χ4v) is 2.70. The van der Waals surface area contributed by atoms with E-state index in [9.17, 15) is 17.6 Å². The summed E-state index contributed by atoms with van der Waals surface area (Å²) in [7, 11) is -3.81. The Morgan fingerprint density at radius 2 is 2.05 bits per heavy atom. The van der Waals surface area contributed by atoms with Gasteiger partial charge in [-0.1, -0.05) is 13.3 Å². The Kier molecular flexibility index (Phi) is 5.02. The molecule has 7 heteroatoms. The van der Waals surface area contributed by atoms with Crippen molar-refractivity contribution in [3.8, 4) is 0 Å². The second-order valence-electron chi connectivity index (χ2n) is 4.16. The van der Waals surface area contributed by atoms with Gasteiger partial charge in [0, 0.05) is 6.54 Å². The molecule has 0 spiro atoms. The first kappa shape index (κ1) is 15.6. The van der Waals surface area contributed by atoms with E-state index < -0.39 is 27.4 Å². The van der Waals surface area contributed by atoms with Gasteiger partial charge in [0.2, 0.25) is 10.0 Å². The maximum absolute atomic E-state index is 13.5. The number of nitrogens with one attached hydrogen (secondary N) is 1. The lowest BCUT2D eigenvalue weighted by Crippen LogP contribution is -2.25. The number of carbonyl (C=O) groups is 1. The lowest BCUT2D eigenvalue weighted by molar-refractivity contribution is 0.0691. The van der Waals surface area contributed by atoms with E-state index in [1.807, 2.05) is 6.92 Å². The van der Waals surface area contributed by atoms with Gasteiger partial charge in [-0.3, -0.25) is 0 Å². The third-order valence-corrected chi connectivity index (χ3v) is 4.03. The normalized spacial score (nSPS) is 11.5. The molecule has 0 saturated carbocycles. The lowest BCUT2D eigenvalue weighted by atomic mass is 10.1. The number of sulfonamides is 1. The van der Waals surface area contributed by atoms with Gasteiger partial charge in [0.1, 0.15) is 5.82 Å². The summed E-state index contributed by atoms with van der Waals surface area (Å²) in [5.74, 6) is -2.41. The highest BCUT2D eigenvalue weighted by Crippen LogP contribution is 2.19. The molecule has 0 aromatic heterocycles. The highest BCUT2D eigenvalue weighted by Gasteiger charge is 2.20. The number of carboxylic acid groups (broad SMARTS) is 1. The molecular weight excluding hydrogens is 273 g/mol. The molecule has 0 amide bonds. The average Bonchev–Trinajstić information content (AvgIpc) is 2.32. The van der Waals surface area contributed by atoms with Gasteiger partial charge in [0.05, 0.1) is 10.5 Å². The van der Waals surface area contributed by atoms with Crippen LogP contribution < -0.4 is 4.72 Å². The first-order chi connectivity index (χ1) is 8.79. The van der Waals surface area contributed by atoms with E-state index in [-0.39, 0.29) is 17.0 Å². The maximum atomic E-state index is 13.5. The zero-order chi connectivity index (χ0) is 14.6. The Balaban J connectivity index is 3.17. The van der Waals surface area contributed by atoms with Crippen LogP contribution in [0.1, 0.15) is 35.7 Å². The second kappa shape index (κ2) is 6.12. The zero-order valence-corrected chi connectivity index (χ0v) is 11.6. The Bertz CT molecular complexity index is 584. The number of aromatic carboxylic acids is 1. The van der Waals surface area contributed by atoms with Crippen LogP contribution >= 0.6 is 0 Å². The van der Waals surface area contributed by atoms with Gasteiger partial charge in [-0.2, -0.15) is 0 Å². The summed E-state index contributed by atoms with van der Waals surface area (Å²) >= 11 is 0. The van der Waals surface area contributed by atoms with Gasteiger partial charge < -0.3 is 5.11 Å². The molecule has 0 saturated heterocycles. The van der Waals surface area contributed by atoms with Crippen molar-refractivity contribution in [3.05, 3.63) is 29.1 Å². The van der Waals surface area contributed by atoms with Gasteiger partial charge >= 0.3 is 5.97 Å². The van der Waals surface area contributed by atoms with Crippen molar-refractivity contribution >= 4 is 16.0 Å². The van der Waals surface area contributed by atoms with Crippen molar-refractivity contribution in [2.24, 2.45) is 0 Å². The van der Waals surface area contributed by atoms with Gasteiger partial charge in [-0.15, -0.1) is 0 Å². The smallest absolute Gasteiger partial charge is 0.338 e.